The van der Waals surface area contributed by atoms with Gasteiger partial charge in [0.2, 0.25) is 0 Å². The van der Waals surface area contributed by atoms with E-state index in [1.165, 1.54) is 18.4 Å². The lowest BCUT2D eigenvalue weighted by atomic mass is 10.0. The normalized spacial score (nSPS) is 11.8. The van der Waals surface area contributed by atoms with E-state index < -0.39 is 5.97 Å². The Morgan fingerprint density at radius 2 is 2.00 bits per heavy atom. The first-order valence-electron chi connectivity index (χ1n) is 9.74. The molecule has 158 valence electrons. The van der Waals surface area contributed by atoms with E-state index in [4.69, 9.17) is 17.0 Å². The van der Waals surface area contributed by atoms with Crippen LogP contribution in [0.15, 0.2) is 36.5 Å². The van der Waals surface area contributed by atoms with Crippen molar-refractivity contribution in [2.24, 2.45) is 0 Å². The average Bonchev–Trinajstić information content (AvgIpc) is 3.27. The highest BCUT2D eigenvalue weighted by atomic mass is 32.1. The van der Waals surface area contributed by atoms with Gasteiger partial charge in [0.05, 0.1) is 18.8 Å². The lowest BCUT2D eigenvalue weighted by Crippen LogP contribution is -2.31. The number of hydrogen-bond donors (Lipinski definition) is 2. The largest absolute Gasteiger partial charge is 0.465 e. The van der Waals surface area contributed by atoms with Gasteiger partial charge in [-0.25, -0.2) is 4.79 Å². The van der Waals surface area contributed by atoms with Crippen molar-refractivity contribution in [3.05, 3.63) is 58.2 Å². The van der Waals surface area contributed by atoms with Crippen LogP contribution in [0.5, 0.6) is 0 Å². The summed E-state index contributed by atoms with van der Waals surface area (Å²) in [6.45, 7) is 8.88. The van der Waals surface area contributed by atoms with Crippen molar-refractivity contribution >= 4 is 39.6 Å². The number of carbonyl (C=O) groups is 1. The highest BCUT2D eigenvalue weighted by Gasteiger charge is 2.25. The summed E-state index contributed by atoms with van der Waals surface area (Å²) in [5.74, 6) is -0.392. The molecule has 2 aromatic heterocycles. The number of methoxy groups -OCH3 is 1. The van der Waals surface area contributed by atoms with Crippen LogP contribution in [0.25, 0.3) is 11.1 Å². The van der Waals surface area contributed by atoms with E-state index in [1.54, 1.807) is 0 Å². The maximum atomic E-state index is 12.6. The monoisotopic (exact) mass is 442 g/mol. The van der Waals surface area contributed by atoms with Gasteiger partial charge in [-0.3, -0.25) is 4.68 Å². The van der Waals surface area contributed by atoms with Gasteiger partial charge in [-0.1, -0.05) is 30.3 Å². The first kappa shape index (κ1) is 22.0. The third-order valence-corrected chi connectivity index (χ3v) is 6.13. The number of aryl methyl sites for hydroxylation is 3. The fourth-order valence-electron chi connectivity index (χ4n) is 3.42. The molecule has 2 N–H and O–H groups in total. The van der Waals surface area contributed by atoms with Crippen molar-refractivity contribution in [1.82, 2.24) is 15.1 Å². The molecular weight excluding hydrogens is 416 g/mol. The highest BCUT2D eigenvalue weighted by Crippen LogP contribution is 2.40. The molecule has 0 aliphatic rings. The molecule has 2 heterocycles. The zero-order valence-corrected chi connectivity index (χ0v) is 19.4. The minimum Gasteiger partial charge on any atom is -0.465 e. The maximum Gasteiger partial charge on any atom is 0.341 e. The van der Waals surface area contributed by atoms with Gasteiger partial charge >= 0.3 is 5.97 Å². The number of aromatic nitrogens is 2. The SMILES string of the molecule is CCn1cc(C(C)NC(=S)Nc2sc(C)c(-c3ccccc3)c2C(=O)OC)c(C)n1. The molecule has 1 unspecified atom stereocenters. The van der Waals surface area contributed by atoms with Crippen LogP contribution in [0.1, 0.15) is 46.4 Å². The number of nitrogens with one attached hydrogen (secondary N) is 2. The summed E-state index contributed by atoms with van der Waals surface area (Å²) < 4.78 is 6.97. The number of thiophene rings is 1. The molecule has 0 aliphatic heterocycles. The Bertz CT molecular complexity index is 1060. The van der Waals surface area contributed by atoms with Gasteiger partial charge in [-0.05, 0) is 45.5 Å². The van der Waals surface area contributed by atoms with Gasteiger partial charge < -0.3 is 15.4 Å². The van der Waals surface area contributed by atoms with Gasteiger partial charge in [0, 0.05) is 28.7 Å². The lowest BCUT2D eigenvalue weighted by Gasteiger charge is -2.16. The highest BCUT2D eigenvalue weighted by molar-refractivity contribution is 7.80. The Morgan fingerprint density at radius 3 is 2.60 bits per heavy atom. The first-order valence-corrected chi connectivity index (χ1v) is 11.0. The van der Waals surface area contributed by atoms with Gasteiger partial charge in [0.1, 0.15) is 10.6 Å². The number of hydrogen-bond acceptors (Lipinski definition) is 5. The number of ether oxygens (including phenoxy) is 1. The Labute approximate surface area is 186 Å². The molecule has 0 spiro atoms. The molecule has 0 aliphatic carbocycles. The molecule has 0 saturated carbocycles. The maximum absolute atomic E-state index is 12.6. The van der Waals surface area contributed by atoms with Crippen LogP contribution in [0.4, 0.5) is 5.00 Å². The smallest absolute Gasteiger partial charge is 0.341 e. The Hall–Kier alpha value is -2.71. The fraction of sp³-hybridized carbons (Fsp3) is 0.318. The topological polar surface area (TPSA) is 68.2 Å². The van der Waals surface area contributed by atoms with Gasteiger partial charge in [0.15, 0.2) is 5.11 Å². The van der Waals surface area contributed by atoms with Crippen LogP contribution >= 0.6 is 23.6 Å². The van der Waals surface area contributed by atoms with Crippen molar-refractivity contribution in [2.75, 3.05) is 12.4 Å². The lowest BCUT2D eigenvalue weighted by molar-refractivity contribution is 0.0603. The summed E-state index contributed by atoms with van der Waals surface area (Å²) >= 11 is 7.03. The molecule has 0 saturated heterocycles. The number of rotatable bonds is 6. The zero-order valence-electron chi connectivity index (χ0n) is 17.8. The number of esters is 1. The molecule has 3 rings (SSSR count). The second-order valence-electron chi connectivity index (χ2n) is 6.94. The Kier molecular flexibility index (Phi) is 6.89. The molecule has 1 aromatic carbocycles. The van der Waals surface area contributed by atoms with Crippen LogP contribution in [-0.4, -0.2) is 28.0 Å². The Morgan fingerprint density at radius 1 is 1.30 bits per heavy atom. The third-order valence-electron chi connectivity index (χ3n) is 4.89. The number of anilines is 1. The van der Waals surface area contributed by atoms with E-state index in [1.807, 2.05) is 62.0 Å². The van der Waals surface area contributed by atoms with E-state index >= 15 is 0 Å². The number of benzene rings is 1. The first-order chi connectivity index (χ1) is 14.3. The van der Waals surface area contributed by atoms with Crippen molar-refractivity contribution in [2.45, 2.75) is 40.3 Å². The predicted molar refractivity (Wildman–Crippen MR) is 126 cm³/mol. The van der Waals surface area contributed by atoms with E-state index in [0.29, 0.717) is 15.7 Å². The summed E-state index contributed by atoms with van der Waals surface area (Å²) in [6, 6.07) is 9.80. The predicted octanol–water partition coefficient (Wildman–Crippen LogP) is 5.08. The quantitative estimate of drug-likeness (QED) is 0.410. The second-order valence-corrected chi connectivity index (χ2v) is 8.57. The zero-order chi connectivity index (χ0) is 21.8. The van der Waals surface area contributed by atoms with Crippen LogP contribution in [0.2, 0.25) is 0 Å². The number of carbonyl (C=O) groups excluding carboxylic acids is 1. The van der Waals surface area contributed by atoms with Crippen LogP contribution in [0.3, 0.4) is 0 Å². The molecule has 0 fully saturated rings. The van der Waals surface area contributed by atoms with E-state index in [9.17, 15) is 4.79 Å². The average molecular weight is 443 g/mol. The summed E-state index contributed by atoms with van der Waals surface area (Å²) in [5, 5.41) is 12.1. The van der Waals surface area contributed by atoms with Gasteiger partial charge in [-0.15, -0.1) is 11.3 Å². The molecule has 3 aromatic rings. The molecular formula is C22H26N4O2S2. The summed E-state index contributed by atoms with van der Waals surface area (Å²) in [6.07, 6.45) is 2.03. The Balaban J connectivity index is 1.86. The van der Waals surface area contributed by atoms with E-state index in [0.717, 1.165) is 33.8 Å². The van der Waals surface area contributed by atoms with Crippen molar-refractivity contribution in [3.63, 3.8) is 0 Å². The van der Waals surface area contributed by atoms with Crippen LogP contribution < -0.4 is 10.6 Å². The summed E-state index contributed by atoms with van der Waals surface area (Å²) in [4.78, 5) is 13.6. The molecule has 1 atom stereocenters. The van der Waals surface area contributed by atoms with Crippen molar-refractivity contribution in [1.29, 1.82) is 0 Å². The van der Waals surface area contributed by atoms with Gasteiger partial charge in [0.25, 0.3) is 0 Å². The number of nitrogens with zero attached hydrogens (tertiary/aromatic N) is 2. The van der Waals surface area contributed by atoms with Crippen LogP contribution in [0, 0.1) is 13.8 Å². The van der Waals surface area contributed by atoms with Crippen LogP contribution in [-0.2, 0) is 11.3 Å². The summed E-state index contributed by atoms with van der Waals surface area (Å²) in [5.41, 5.74) is 4.38. The molecule has 0 bridgehead atoms. The fourth-order valence-corrected chi connectivity index (χ4v) is 4.83. The van der Waals surface area contributed by atoms with Crippen molar-refractivity contribution < 1.29 is 9.53 Å². The second kappa shape index (κ2) is 9.40. The standard InChI is InChI=1S/C22H26N4O2S2/c1-6-26-12-17(14(3)25-26)13(2)23-22(29)24-20-19(21(27)28-5)18(15(4)30-20)16-10-8-7-9-11-16/h7-13H,6H2,1-5H3,(H2,23,24,29). The summed E-state index contributed by atoms with van der Waals surface area (Å²) in [7, 11) is 1.39. The number of thiocarbonyl (C=S) groups is 1. The minimum atomic E-state index is -0.392. The molecule has 0 amide bonds. The van der Waals surface area contributed by atoms with Gasteiger partial charge in [-0.2, -0.15) is 5.10 Å². The van der Waals surface area contributed by atoms with E-state index in [-0.39, 0.29) is 6.04 Å². The molecule has 6 nitrogen and oxygen atoms in total. The molecule has 0 radical (unpaired) electrons. The minimum absolute atomic E-state index is 0.0264. The molecule has 8 heteroatoms. The van der Waals surface area contributed by atoms with E-state index in [2.05, 4.69) is 22.7 Å². The van der Waals surface area contributed by atoms with Crippen molar-refractivity contribution in [3.8, 4) is 11.1 Å². The third kappa shape index (κ3) is 4.55. The molecule has 30 heavy (non-hydrogen) atoms.